The maximum Gasteiger partial charge on any atom is 0.119 e. The molecule has 1 saturated heterocycles. The third-order valence-corrected chi connectivity index (χ3v) is 3.49. The summed E-state index contributed by atoms with van der Waals surface area (Å²) in [5, 5.41) is 3.51. The minimum atomic E-state index is 0.662. The molecule has 0 aromatic heterocycles. The van der Waals surface area contributed by atoms with Gasteiger partial charge in [0.1, 0.15) is 5.75 Å². The lowest BCUT2D eigenvalue weighted by Gasteiger charge is -2.29. The van der Waals surface area contributed by atoms with Crippen LogP contribution < -0.4 is 10.1 Å². The lowest BCUT2D eigenvalue weighted by molar-refractivity contribution is 0.362. The molecular weight excluding hydrogens is 198 g/mol. The molecule has 1 heterocycles. The number of benzene rings is 1. The largest absolute Gasteiger partial charge is 0.497 e. The van der Waals surface area contributed by atoms with Crippen molar-refractivity contribution in [2.45, 2.75) is 26.2 Å². The lowest BCUT2D eigenvalue weighted by atomic mass is 9.84. The van der Waals surface area contributed by atoms with Crippen LogP contribution in [0.3, 0.4) is 0 Å². The summed E-state index contributed by atoms with van der Waals surface area (Å²) in [6, 6.07) is 6.43. The Balaban J connectivity index is 2.19. The summed E-state index contributed by atoms with van der Waals surface area (Å²) < 4.78 is 5.24. The topological polar surface area (TPSA) is 21.3 Å². The van der Waals surface area contributed by atoms with Crippen LogP contribution in [0.2, 0.25) is 0 Å². The van der Waals surface area contributed by atoms with E-state index in [4.69, 9.17) is 4.74 Å². The molecule has 2 atom stereocenters. The Labute approximate surface area is 98.0 Å². The van der Waals surface area contributed by atoms with Crippen LogP contribution in [0.5, 0.6) is 5.75 Å². The van der Waals surface area contributed by atoms with Crippen LogP contribution in [0.4, 0.5) is 0 Å². The maximum absolute atomic E-state index is 5.24. The Morgan fingerprint density at radius 3 is 2.75 bits per heavy atom. The van der Waals surface area contributed by atoms with Gasteiger partial charge >= 0.3 is 0 Å². The number of hydrogen-bond acceptors (Lipinski definition) is 2. The minimum absolute atomic E-state index is 0.662. The van der Waals surface area contributed by atoms with Crippen LogP contribution in [0.1, 0.15) is 30.4 Å². The molecule has 1 N–H and O–H groups in total. The van der Waals surface area contributed by atoms with E-state index in [1.54, 1.807) is 7.11 Å². The first kappa shape index (κ1) is 11.5. The van der Waals surface area contributed by atoms with E-state index in [-0.39, 0.29) is 0 Å². The molecule has 1 aromatic carbocycles. The molecule has 1 aromatic rings. The fraction of sp³-hybridized carbons (Fsp3) is 0.571. The summed E-state index contributed by atoms with van der Waals surface area (Å²) in [4.78, 5) is 0. The smallest absolute Gasteiger partial charge is 0.119 e. The zero-order chi connectivity index (χ0) is 11.5. The molecule has 0 bridgehead atoms. The van der Waals surface area contributed by atoms with Crippen LogP contribution in [-0.4, -0.2) is 20.2 Å². The first-order valence-electron chi connectivity index (χ1n) is 6.06. The van der Waals surface area contributed by atoms with Gasteiger partial charge in [0, 0.05) is 6.54 Å². The summed E-state index contributed by atoms with van der Waals surface area (Å²) in [6.45, 7) is 6.76. The molecule has 1 fully saturated rings. The second kappa shape index (κ2) is 4.88. The van der Waals surface area contributed by atoms with Crippen molar-refractivity contribution in [2.75, 3.05) is 20.2 Å². The van der Waals surface area contributed by atoms with Crippen molar-refractivity contribution in [2.24, 2.45) is 5.92 Å². The van der Waals surface area contributed by atoms with Gasteiger partial charge < -0.3 is 10.1 Å². The summed E-state index contributed by atoms with van der Waals surface area (Å²) >= 11 is 0. The van der Waals surface area contributed by atoms with E-state index in [0.717, 1.165) is 24.8 Å². The molecule has 0 spiro atoms. The predicted molar refractivity (Wildman–Crippen MR) is 67.1 cm³/mol. The van der Waals surface area contributed by atoms with E-state index in [1.165, 1.54) is 17.5 Å². The van der Waals surface area contributed by atoms with Gasteiger partial charge in [0.05, 0.1) is 7.11 Å². The van der Waals surface area contributed by atoms with Gasteiger partial charge in [0.25, 0.3) is 0 Å². The second-order valence-corrected chi connectivity index (χ2v) is 4.92. The molecule has 0 radical (unpaired) electrons. The van der Waals surface area contributed by atoms with Crippen LogP contribution in [0.15, 0.2) is 18.2 Å². The molecule has 2 nitrogen and oxygen atoms in total. The average molecular weight is 219 g/mol. The molecule has 1 aliphatic heterocycles. The average Bonchev–Trinajstić information content (AvgIpc) is 2.28. The van der Waals surface area contributed by atoms with Crippen molar-refractivity contribution < 1.29 is 4.74 Å². The van der Waals surface area contributed by atoms with E-state index in [2.05, 4.69) is 37.4 Å². The molecule has 1 aliphatic rings. The molecule has 88 valence electrons. The Morgan fingerprint density at radius 1 is 1.31 bits per heavy atom. The fourth-order valence-corrected chi connectivity index (χ4v) is 2.63. The van der Waals surface area contributed by atoms with Crippen molar-refractivity contribution >= 4 is 0 Å². The molecule has 16 heavy (non-hydrogen) atoms. The zero-order valence-corrected chi connectivity index (χ0v) is 10.4. The van der Waals surface area contributed by atoms with Crippen LogP contribution in [-0.2, 0) is 0 Å². The molecular formula is C14H21NO. The van der Waals surface area contributed by atoms with Gasteiger partial charge in [-0.3, -0.25) is 0 Å². The summed E-state index contributed by atoms with van der Waals surface area (Å²) in [5.74, 6) is 2.40. The highest BCUT2D eigenvalue weighted by atomic mass is 16.5. The highest BCUT2D eigenvalue weighted by Crippen LogP contribution is 2.30. The standard InChI is InChI=1S/C14H21NO/c1-10-6-12(9-15-8-10)14-5-4-13(16-3)7-11(14)2/h4-5,7,10,12,15H,6,8-9H2,1-3H3. The number of aryl methyl sites for hydroxylation is 1. The Hall–Kier alpha value is -1.02. The second-order valence-electron chi connectivity index (χ2n) is 4.92. The highest BCUT2D eigenvalue weighted by molar-refractivity contribution is 5.37. The molecule has 0 amide bonds. The van der Waals surface area contributed by atoms with Crippen molar-refractivity contribution in [3.8, 4) is 5.75 Å². The Bertz CT molecular complexity index is 362. The van der Waals surface area contributed by atoms with Crippen molar-refractivity contribution in [1.82, 2.24) is 5.32 Å². The summed E-state index contributed by atoms with van der Waals surface area (Å²) in [5.41, 5.74) is 2.82. The van der Waals surface area contributed by atoms with E-state index in [9.17, 15) is 0 Å². The Morgan fingerprint density at radius 2 is 2.12 bits per heavy atom. The Kier molecular flexibility index (Phi) is 3.49. The van der Waals surface area contributed by atoms with E-state index < -0.39 is 0 Å². The minimum Gasteiger partial charge on any atom is -0.497 e. The molecule has 0 saturated carbocycles. The third kappa shape index (κ3) is 2.38. The predicted octanol–water partition coefficient (Wildman–Crippen LogP) is 2.72. The van der Waals surface area contributed by atoms with E-state index in [0.29, 0.717) is 5.92 Å². The highest BCUT2D eigenvalue weighted by Gasteiger charge is 2.21. The molecule has 0 aliphatic carbocycles. The number of rotatable bonds is 2. The van der Waals surface area contributed by atoms with Gasteiger partial charge in [-0.1, -0.05) is 13.0 Å². The van der Waals surface area contributed by atoms with Gasteiger partial charge in [-0.05, 0) is 55.0 Å². The number of piperidine rings is 1. The fourth-order valence-electron chi connectivity index (χ4n) is 2.63. The quantitative estimate of drug-likeness (QED) is 0.825. The van der Waals surface area contributed by atoms with Crippen molar-refractivity contribution in [3.05, 3.63) is 29.3 Å². The third-order valence-electron chi connectivity index (χ3n) is 3.49. The van der Waals surface area contributed by atoms with Crippen LogP contribution >= 0.6 is 0 Å². The molecule has 2 unspecified atom stereocenters. The molecule has 2 rings (SSSR count). The van der Waals surface area contributed by atoms with Gasteiger partial charge in [-0.15, -0.1) is 0 Å². The van der Waals surface area contributed by atoms with E-state index >= 15 is 0 Å². The van der Waals surface area contributed by atoms with Crippen molar-refractivity contribution in [3.63, 3.8) is 0 Å². The van der Waals surface area contributed by atoms with E-state index in [1.807, 2.05) is 0 Å². The SMILES string of the molecule is COc1ccc(C2CNCC(C)C2)c(C)c1. The van der Waals surface area contributed by atoms with Crippen LogP contribution in [0, 0.1) is 12.8 Å². The van der Waals surface area contributed by atoms with Gasteiger partial charge in [0.15, 0.2) is 0 Å². The van der Waals surface area contributed by atoms with Gasteiger partial charge in [-0.2, -0.15) is 0 Å². The first-order valence-corrected chi connectivity index (χ1v) is 6.06. The normalized spacial score (nSPS) is 25.4. The van der Waals surface area contributed by atoms with Crippen LogP contribution in [0.25, 0.3) is 0 Å². The zero-order valence-electron chi connectivity index (χ0n) is 10.4. The number of nitrogens with one attached hydrogen (secondary N) is 1. The summed E-state index contributed by atoms with van der Waals surface area (Å²) in [6.07, 6.45) is 1.29. The number of methoxy groups -OCH3 is 1. The number of hydrogen-bond donors (Lipinski definition) is 1. The lowest BCUT2D eigenvalue weighted by Crippen LogP contribution is -2.34. The molecule has 2 heteroatoms. The van der Waals surface area contributed by atoms with Gasteiger partial charge in [-0.25, -0.2) is 0 Å². The number of ether oxygens (including phenoxy) is 1. The summed E-state index contributed by atoms with van der Waals surface area (Å²) in [7, 11) is 1.72. The monoisotopic (exact) mass is 219 g/mol. The maximum atomic E-state index is 5.24. The van der Waals surface area contributed by atoms with Crippen molar-refractivity contribution in [1.29, 1.82) is 0 Å². The van der Waals surface area contributed by atoms with Gasteiger partial charge in [0.2, 0.25) is 0 Å². The first-order chi connectivity index (χ1) is 7.70.